The Hall–Kier alpha value is -2.05. The number of benzene rings is 1. The summed E-state index contributed by atoms with van der Waals surface area (Å²) in [6, 6.07) is 4.77. The molecule has 1 fully saturated rings. The number of carbonyl (C=O) groups is 1. The molecule has 2 aromatic rings. The molecular weight excluding hydrogens is 482 g/mol. The number of rotatable bonds is 8. The van der Waals surface area contributed by atoms with Gasteiger partial charge < -0.3 is 15.7 Å². The second-order valence-corrected chi connectivity index (χ2v) is 16.2. The highest BCUT2D eigenvalue weighted by Gasteiger charge is 2.36. The summed E-state index contributed by atoms with van der Waals surface area (Å²) in [5.41, 5.74) is 4.58. The van der Waals surface area contributed by atoms with E-state index in [1.54, 1.807) is 11.3 Å². The molecule has 35 heavy (non-hydrogen) atoms. The molecule has 1 heterocycles. The Bertz CT molecular complexity index is 1060. The number of aliphatic hydroxyl groups excluding tert-OH is 1. The van der Waals surface area contributed by atoms with Crippen molar-refractivity contribution in [3.8, 4) is 11.5 Å². The second-order valence-electron chi connectivity index (χ2n) is 10.6. The number of hydrogen-bond acceptors (Lipinski definition) is 4. The fourth-order valence-corrected chi connectivity index (χ4v) is 6.14. The van der Waals surface area contributed by atoms with Crippen LogP contribution in [0, 0.1) is 23.1 Å². The lowest BCUT2D eigenvalue weighted by atomic mass is 9.80. The Morgan fingerprint density at radius 2 is 1.80 bits per heavy atom. The fourth-order valence-electron chi connectivity index (χ4n) is 4.55. The first kappa shape index (κ1) is 27.5. The third-order valence-corrected chi connectivity index (χ3v) is 8.25. The summed E-state index contributed by atoms with van der Waals surface area (Å²) < 4.78 is 27.4. The fraction of sp³-hybridized carbons (Fsp3) is 0.519. The van der Waals surface area contributed by atoms with Crippen LogP contribution in [-0.4, -0.2) is 37.8 Å². The maximum Gasteiger partial charge on any atom is 0.217 e. The Balaban J connectivity index is 1.77. The Morgan fingerprint density at radius 3 is 2.40 bits per heavy atom. The minimum absolute atomic E-state index is 0.125. The first-order valence-electron chi connectivity index (χ1n) is 12.2. The van der Waals surface area contributed by atoms with Crippen molar-refractivity contribution in [3.63, 3.8) is 0 Å². The third-order valence-electron chi connectivity index (χ3n) is 6.24. The van der Waals surface area contributed by atoms with Gasteiger partial charge in [0.25, 0.3) is 0 Å². The van der Waals surface area contributed by atoms with Crippen molar-refractivity contribution in [3.05, 3.63) is 57.3 Å². The van der Waals surface area contributed by atoms with Gasteiger partial charge >= 0.3 is 0 Å². The van der Waals surface area contributed by atoms with Crippen molar-refractivity contribution in [2.24, 2.45) is 0 Å². The molecule has 4 nitrogen and oxygen atoms in total. The van der Waals surface area contributed by atoms with E-state index in [2.05, 4.69) is 53.2 Å². The van der Waals surface area contributed by atoms with E-state index in [0.29, 0.717) is 5.56 Å². The van der Waals surface area contributed by atoms with Gasteiger partial charge in [0.2, 0.25) is 5.91 Å². The van der Waals surface area contributed by atoms with Crippen molar-refractivity contribution >= 4 is 25.3 Å². The molecule has 1 aliphatic carbocycles. The monoisotopic (exact) mass is 518 g/mol. The standard InChI is InChI=1S/C27H36F2N2O2SSi/c1-19(32)31-24(14-21-12-22(28)16-23(29)13-21)25(33)17-30-27(9-6-5-7-10-27)26-15-20(18-34-26)8-11-35(2,3)4/h12-13,15-16,18,24-25,30,33H,5-7,9-10,14,17H2,1-4H3,(H,31,32)/t24-,25-/m1/s1. The number of halogens is 2. The van der Waals surface area contributed by atoms with Gasteiger partial charge in [0.15, 0.2) is 0 Å². The van der Waals surface area contributed by atoms with Gasteiger partial charge in [-0.3, -0.25) is 4.79 Å². The van der Waals surface area contributed by atoms with E-state index in [-0.39, 0.29) is 24.4 Å². The molecule has 1 aromatic carbocycles. The van der Waals surface area contributed by atoms with Gasteiger partial charge in [0, 0.05) is 35.4 Å². The van der Waals surface area contributed by atoms with Crippen LogP contribution in [0.2, 0.25) is 19.6 Å². The number of aliphatic hydroxyl groups is 1. The number of thiophene rings is 1. The van der Waals surface area contributed by atoms with Gasteiger partial charge in [-0.2, -0.15) is 0 Å². The average Bonchev–Trinajstić information content (AvgIpc) is 3.25. The minimum Gasteiger partial charge on any atom is -0.390 e. The molecule has 0 radical (unpaired) electrons. The lowest BCUT2D eigenvalue weighted by Crippen LogP contribution is -2.52. The van der Waals surface area contributed by atoms with E-state index in [1.807, 2.05) is 0 Å². The van der Waals surface area contributed by atoms with Gasteiger partial charge in [0.1, 0.15) is 19.7 Å². The molecule has 8 heteroatoms. The lowest BCUT2D eigenvalue weighted by molar-refractivity contribution is -0.120. The van der Waals surface area contributed by atoms with Crippen LogP contribution in [0.15, 0.2) is 29.6 Å². The molecule has 0 saturated heterocycles. The zero-order chi connectivity index (χ0) is 25.6. The number of nitrogens with one attached hydrogen (secondary N) is 2. The first-order valence-corrected chi connectivity index (χ1v) is 16.6. The predicted molar refractivity (Wildman–Crippen MR) is 141 cm³/mol. The highest BCUT2D eigenvalue weighted by atomic mass is 32.1. The van der Waals surface area contributed by atoms with E-state index in [1.165, 1.54) is 30.4 Å². The zero-order valence-electron chi connectivity index (χ0n) is 21.0. The van der Waals surface area contributed by atoms with Crippen LogP contribution in [0.25, 0.3) is 0 Å². The van der Waals surface area contributed by atoms with Crippen LogP contribution in [-0.2, 0) is 16.8 Å². The molecule has 0 bridgehead atoms. The Labute approximate surface area is 212 Å². The van der Waals surface area contributed by atoms with Crippen LogP contribution in [0.5, 0.6) is 0 Å². The smallest absolute Gasteiger partial charge is 0.217 e. The normalized spacial score (nSPS) is 17.2. The van der Waals surface area contributed by atoms with Crippen molar-refractivity contribution < 1.29 is 18.7 Å². The zero-order valence-corrected chi connectivity index (χ0v) is 22.8. The molecule has 0 unspecified atom stereocenters. The summed E-state index contributed by atoms with van der Waals surface area (Å²) in [6.07, 6.45) is 4.47. The summed E-state index contributed by atoms with van der Waals surface area (Å²) in [7, 11) is -1.47. The van der Waals surface area contributed by atoms with Crippen LogP contribution < -0.4 is 10.6 Å². The molecule has 2 atom stereocenters. The van der Waals surface area contributed by atoms with Crippen LogP contribution in [0.3, 0.4) is 0 Å². The number of hydrogen-bond donors (Lipinski definition) is 3. The summed E-state index contributed by atoms with van der Waals surface area (Å²) in [5, 5.41) is 19.5. The lowest BCUT2D eigenvalue weighted by Gasteiger charge is -2.39. The topological polar surface area (TPSA) is 61.4 Å². The Kier molecular flexibility index (Phi) is 9.27. The van der Waals surface area contributed by atoms with Gasteiger partial charge in [-0.25, -0.2) is 8.78 Å². The first-order chi connectivity index (χ1) is 16.5. The largest absolute Gasteiger partial charge is 0.390 e. The van der Waals surface area contributed by atoms with E-state index < -0.39 is 31.9 Å². The van der Waals surface area contributed by atoms with E-state index in [0.717, 1.165) is 37.3 Å². The highest BCUT2D eigenvalue weighted by molar-refractivity contribution is 7.10. The van der Waals surface area contributed by atoms with Gasteiger partial charge in [-0.1, -0.05) is 44.8 Å². The Morgan fingerprint density at radius 1 is 1.14 bits per heavy atom. The van der Waals surface area contributed by atoms with Gasteiger partial charge in [-0.05, 0) is 43.0 Å². The summed E-state index contributed by atoms with van der Waals surface area (Å²) in [6.45, 7) is 8.29. The minimum atomic E-state index is -1.47. The van der Waals surface area contributed by atoms with E-state index >= 15 is 0 Å². The van der Waals surface area contributed by atoms with Gasteiger partial charge in [0.05, 0.1) is 17.7 Å². The molecule has 1 aliphatic rings. The van der Waals surface area contributed by atoms with Crippen LogP contribution >= 0.6 is 11.3 Å². The van der Waals surface area contributed by atoms with Crippen molar-refractivity contribution in [2.75, 3.05) is 6.54 Å². The quantitative estimate of drug-likeness (QED) is 0.336. The molecule has 1 saturated carbocycles. The molecule has 1 amide bonds. The molecule has 3 N–H and O–H groups in total. The molecule has 0 aliphatic heterocycles. The molecule has 1 aromatic heterocycles. The van der Waals surface area contributed by atoms with Gasteiger partial charge in [-0.15, -0.1) is 16.9 Å². The third kappa shape index (κ3) is 8.25. The van der Waals surface area contributed by atoms with Crippen LogP contribution in [0.4, 0.5) is 8.78 Å². The summed E-state index contributed by atoms with van der Waals surface area (Å²) in [5.74, 6) is 1.68. The summed E-state index contributed by atoms with van der Waals surface area (Å²) >= 11 is 1.70. The SMILES string of the molecule is CC(=O)N[C@H](Cc1cc(F)cc(F)c1)[C@H](O)CNC1(c2cc(C#C[Si](C)(C)C)cs2)CCCCC1. The molecule has 0 spiro atoms. The van der Waals surface area contributed by atoms with Crippen molar-refractivity contribution in [2.45, 2.75) is 82.8 Å². The molecular formula is C27H36F2N2O2SSi. The second kappa shape index (κ2) is 11.8. The maximum atomic E-state index is 13.7. The molecule has 190 valence electrons. The van der Waals surface area contributed by atoms with Crippen LogP contribution in [0.1, 0.15) is 55.0 Å². The van der Waals surface area contributed by atoms with Crippen molar-refractivity contribution in [1.29, 1.82) is 0 Å². The van der Waals surface area contributed by atoms with E-state index in [9.17, 15) is 18.7 Å². The predicted octanol–water partition coefficient (Wildman–Crippen LogP) is 5.11. The maximum absolute atomic E-state index is 13.7. The average molecular weight is 519 g/mol. The number of amides is 1. The number of carbonyl (C=O) groups excluding carboxylic acids is 1. The summed E-state index contributed by atoms with van der Waals surface area (Å²) in [4.78, 5) is 13.0. The van der Waals surface area contributed by atoms with Crippen molar-refractivity contribution in [1.82, 2.24) is 10.6 Å². The van der Waals surface area contributed by atoms with E-state index in [4.69, 9.17) is 0 Å². The molecule has 3 rings (SSSR count). The highest BCUT2D eigenvalue weighted by Crippen LogP contribution is 2.40.